The first-order valence-electron chi connectivity index (χ1n) is 6.17. The van der Waals surface area contributed by atoms with E-state index in [0.717, 1.165) is 17.7 Å². The van der Waals surface area contributed by atoms with Crippen LogP contribution in [0.2, 0.25) is 0 Å². The molecule has 0 bridgehead atoms. The minimum atomic E-state index is -1.55. The fourth-order valence-electron chi connectivity index (χ4n) is 2.19. The van der Waals surface area contributed by atoms with Gasteiger partial charge in [0.25, 0.3) is 0 Å². The summed E-state index contributed by atoms with van der Waals surface area (Å²) in [4.78, 5) is 1.22. The summed E-state index contributed by atoms with van der Waals surface area (Å²) >= 11 is 19.6. The molecule has 1 aromatic rings. The largest absolute Gasteiger partial charge is 0.387 e. The van der Waals surface area contributed by atoms with E-state index in [-0.39, 0.29) is 0 Å². The molecule has 1 aliphatic heterocycles. The zero-order valence-electron chi connectivity index (χ0n) is 10.5. The van der Waals surface area contributed by atoms with E-state index in [2.05, 4.69) is 11.4 Å². The van der Waals surface area contributed by atoms with E-state index in [9.17, 15) is 5.11 Å². The van der Waals surface area contributed by atoms with Crippen molar-refractivity contribution in [2.75, 3.05) is 12.3 Å². The lowest BCUT2D eigenvalue weighted by atomic mass is 10.0. The molecule has 0 saturated heterocycles. The van der Waals surface area contributed by atoms with Gasteiger partial charge in [0.15, 0.2) is 0 Å². The highest BCUT2D eigenvalue weighted by Crippen LogP contribution is 2.39. The molecule has 0 amide bonds. The molecule has 2 rings (SSSR count). The highest BCUT2D eigenvalue weighted by molar-refractivity contribution is 7.99. The van der Waals surface area contributed by atoms with Crippen LogP contribution in [0.4, 0.5) is 0 Å². The number of hydrogen-bond acceptors (Lipinski definition) is 3. The van der Waals surface area contributed by atoms with E-state index in [1.807, 2.05) is 19.1 Å². The first kappa shape index (κ1) is 15.7. The lowest BCUT2D eigenvalue weighted by Crippen LogP contribution is -2.44. The van der Waals surface area contributed by atoms with Crippen LogP contribution in [-0.2, 0) is 6.42 Å². The number of hydrogen-bond donors (Lipinski definition) is 2. The fourth-order valence-corrected chi connectivity index (χ4v) is 3.89. The van der Waals surface area contributed by atoms with Gasteiger partial charge in [-0.15, -0.1) is 11.8 Å². The summed E-state index contributed by atoms with van der Waals surface area (Å²) in [6.07, 6.45) is 0.233. The first-order chi connectivity index (χ1) is 8.93. The number of rotatable bonds is 4. The molecule has 2 unspecified atom stereocenters. The molecule has 106 valence electrons. The summed E-state index contributed by atoms with van der Waals surface area (Å²) in [7, 11) is 0. The number of likely N-dealkylation sites (N-methyl/N-ethyl adjacent to an activating group) is 1. The minimum Gasteiger partial charge on any atom is -0.387 e. The second kappa shape index (κ2) is 6.42. The molecule has 0 aliphatic carbocycles. The Balaban J connectivity index is 2.24. The number of aliphatic hydroxyl groups is 1. The Morgan fingerprint density at radius 1 is 1.42 bits per heavy atom. The van der Waals surface area contributed by atoms with Crippen LogP contribution >= 0.6 is 46.6 Å². The number of thioether (sulfide) groups is 1. The van der Waals surface area contributed by atoms with Gasteiger partial charge in [-0.25, -0.2) is 0 Å². The minimum absolute atomic E-state index is 0.620. The van der Waals surface area contributed by atoms with Crippen molar-refractivity contribution in [2.45, 2.75) is 34.2 Å². The van der Waals surface area contributed by atoms with E-state index in [1.165, 1.54) is 10.5 Å². The van der Waals surface area contributed by atoms with E-state index in [1.54, 1.807) is 11.8 Å². The number of fused-ring (bicyclic) bond motifs is 1. The number of aryl methyl sites for hydroxylation is 1. The van der Waals surface area contributed by atoms with Gasteiger partial charge in [-0.3, -0.25) is 0 Å². The van der Waals surface area contributed by atoms with Gasteiger partial charge >= 0.3 is 0 Å². The van der Waals surface area contributed by atoms with E-state index >= 15 is 0 Å². The van der Waals surface area contributed by atoms with Gasteiger partial charge in [-0.05, 0) is 30.2 Å². The molecule has 2 nitrogen and oxygen atoms in total. The third-order valence-corrected chi connectivity index (χ3v) is 4.96. The van der Waals surface area contributed by atoms with Crippen LogP contribution in [-0.4, -0.2) is 27.2 Å². The molecule has 19 heavy (non-hydrogen) atoms. The van der Waals surface area contributed by atoms with Crippen molar-refractivity contribution in [2.24, 2.45) is 0 Å². The van der Waals surface area contributed by atoms with E-state index in [0.29, 0.717) is 6.54 Å². The maximum absolute atomic E-state index is 10.5. The maximum Gasteiger partial charge on any atom is 0.208 e. The number of alkyl halides is 3. The highest BCUT2D eigenvalue weighted by atomic mass is 35.6. The zero-order chi connectivity index (χ0) is 14.0. The Labute approximate surface area is 132 Å². The molecule has 2 N–H and O–H groups in total. The van der Waals surface area contributed by atoms with Crippen molar-refractivity contribution < 1.29 is 5.11 Å². The Kier molecular flexibility index (Phi) is 5.32. The molecule has 2 atom stereocenters. The molecular formula is C13H16Cl3NOS. The monoisotopic (exact) mass is 339 g/mol. The van der Waals surface area contributed by atoms with Crippen LogP contribution in [0, 0.1) is 0 Å². The Morgan fingerprint density at radius 3 is 2.79 bits per heavy atom. The van der Waals surface area contributed by atoms with Crippen LogP contribution in [0.5, 0.6) is 0 Å². The van der Waals surface area contributed by atoms with Crippen LogP contribution < -0.4 is 5.32 Å². The van der Waals surface area contributed by atoms with Gasteiger partial charge in [0.05, 0.1) is 12.1 Å². The van der Waals surface area contributed by atoms with Crippen molar-refractivity contribution in [3.63, 3.8) is 0 Å². The topological polar surface area (TPSA) is 32.3 Å². The van der Waals surface area contributed by atoms with Crippen LogP contribution in [0.3, 0.4) is 0 Å². The summed E-state index contributed by atoms with van der Waals surface area (Å²) in [5, 5.41) is 13.5. The van der Waals surface area contributed by atoms with Crippen molar-refractivity contribution in [1.82, 2.24) is 5.32 Å². The van der Waals surface area contributed by atoms with Gasteiger partial charge in [0.1, 0.15) is 0 Å². The lowest BCUT2D eigenvalue weighted by molar-refractivity contribution is 0.130. The third kappa shape index (κ3) is 3.72. The van der Waals surface area contributed by atoms with Crippen molar-refractivity contribution in [1.29, 1.82) is 0 Å². The van der Waals surface area contributed by atoms with Gasteiger partial charge in [0.2, 0.25) is 3.79 Å². The van der Waals surface area contributed by atoms with Gasteiger partial charge < -0.3 is 10.4 Å². The summed E-state index contributed by atoms with van der Waals surface area (Å²) in [5.74, 6) is 1.09. The van der Waals surface area contributed by atoms with Crippen molar-refractivity contribution in [3.05, 3.63) is 29.3 Å². The molecular weight excluding hydrogens is 325 g/mol. The van der Waals surface area contributed by atoms with Crippen LogP contribution in [0.1, 0.15) is 24.2 Å². The summed E-state index contributed by atoms with van der Waals surface area (Å²) < 4.78 is -1.55. The average molecular weight is 341 g/mol. The quantitative estimate of drug-likeness (QED) is 0.819. The number of halogens is 3. The summed E-state index contributed by atoms with van der Waals surface area (Å²) in [6.45, 7) is 2.53. The third-order valence-electron chi connectivity index (χ3n) is 3.15. The maximum atomic E-state index is 10.5. The predicted octanol–water partition coefficient (Wildman–Crippen LogP) is 3.72. The fraction of sp³-hybridized carbons (Fsp3) is 0.538. The molecule has 0 saturated carbocycles. The summed E-state index contributed by atoms with van der Waals surface area (Å²) in [5.41, 5.74) is 2.11. The number of aliphatic hydroxyl groups excluding tert-OH is 1. The lowest BCUT2D eigenvalue weighted by Gasteiger charge is -2.30. The Hall–Kier alpha value is 0.360. The second-order valence-electron chi connectivity index (χ2n) is 4.49. The Bertz CT molecular complexity index is 450. The Morgan fingerprint density at radius 2 is 2.16 bits per heavy atom. The zero-order valence-corrected chi connectivity index (χ0v) is 13.6. The molecule has 0 fully saturated rings. The SMILES string of the molecule is CCNC(C(O)c1ccc2c(c1)SCC2)C(Cl)(Cl)Cl. The van der Waals surface area contributed by atoms with E-state index in [4.69, 9.17) is 34.8 Å². The molecule has 6 heteroatoms. The summed E-state index contributed by atoms with van der Waals surface area (Å²) in [6, 6.07) is 5.33. The number of nitrogens with one attached hydrogen (secondary N) is 1. The second-order valence-corrected chi connectivity index (χ2v) is 7.99. The number of benzene rings is 1. The normalized spacial score (nSPS) is 18.2. The van der Waals surface area contributed by atoms with Crippen LogP contribution in [0.25, 0.3) is 0 Å². The average Bonchev–Trinajstić information content (AvgIpc) is 2.80. The van der Waals surface area contributed by atoms with E-state index < -0.39 is 15.9 Å². The van der Waals surface area contributed by atoms with Gasteiger partial charge in [-0.2, -0.15) is 0 Å². The highest BCUT2D eigenvalue weighted by Gasteiger charge is 2.38. The van der Waals surface area contributed by atoms with Gasteiger partial charge in [0, 0.05) is 10.6 Å². The smallest absolute Gasteiger partial charge is 0.208 e. The van der Waals surface area contributed by atoms with Crippen molar-refractivity contribution in [3.8, 4) is 0 Å². The molecule has 1 heterocycles. The molecule has 1 aliphatic rings. The standard InChI is InChI=1S/C13H16Cl3NOS/c1-2-17-12(13(14,15)16)11(18)9-4-3-8-5-6-19-10(8)7-9/h3-4,7,11-12,17-18H,2,5-6H2,1H3. The molecule has 0 radical (unpaired) electrons. The first-order valence-corrected chi connectivity index (χ1v) is 8.29. The molecule has 1 aromatic carbocycles. The van der Waals surface area contributed by atoms with Crippen LogP contribution in [0.15, 0.2) is 23.1 Å². The molecule has 0 spiro atoms. The predicted molar refractivity (Wildman–Crippen MR) is 83.6 cm³/mol. The van der Waals surface area contributed by atoms with Crippen molar-refractivity contribution >= 4 is 46.6 Å². The molecule has 0 aromatic heterocycles. The van der Waals surface area contributed by atoms with Gasteiger partial charge in [-0.1, -0.05) is 53.9 Å².